The number of hydrogen-bond acceptors (Lipinski definition) is 4. The van der Waals surface area contributed by atoms with Gasteiger partial charge in [0, 0.05) is 26.2 Å². The Labute approximate surface area is 71.9 Å². The van der Waals surface area contributed by atoms with Crippen LogP contribution >= 0.6 is 0 Å². The van der Waals surface area contributed by atoms with Gasteiger partial charge in [0.05, 0.1) is 18.4 Å². The molecule has 0 aromatic heterocycles. The van der Waals surface area contributed by atoms with Gasteiger partial charge in [0.1, 0.15) is 0 Å². The third-order valence-corrected chi connectivity index (χ3v) is 2.10. The van der Waals surface area contributed by atoms with Gasteiger partial charge in [0.15, 0.2) is 0 Å². The maximum absolute atomic E-state index is 10.1. The van der Waals surface area contributed by atoms with Gasteiger partial charge < -0.3 is 5.11 Å². The summed E-state index contributed by atoms with van der Waals surface area (Å²) in [7, 11) is 0. The van der Waals surface area contributed by atoms with Gasteiger partial charge in [-0.15, -0.1) is 4.91 Å². The molecule has 1 fully saturated rings. The molecule has 0 atom stereocenters. The maximum Gasteiger partial charge on any atom is 0.0524 e. The summed E-state index contributed by atoms with van der Waals surface area (Å²) in [5.41, 5.74) is 0. The zero-order chi connectivity index (χ0) is 8.81. The molecule has 1 heterocycles. The summed E-state index contributed by atoms with van der Waals surface area (Å²) in [6, 6.07) is 0. The minimum atomic E-state index is 0.242. The van der Waals surface area contributed by atoms with Crippen LogP contribution in [0.2, 0.25) is 0 Å². The molecular formula is C7H15N3O2. The number of aliphatic hydroxyl groups excluding tert-OH is 1. The average molecular weight is 173 g/mol. The molecule has 0 aromatic carbocycles. The lowest BCUT2D eigenvalue weighted by Crippen LogP contribution is -2.44. The Balaban J connectivity index is 2.12. The Bertz CT molecular complexity index is 135. The van der Waals surface area contributed by atoms with Gasteiger partial charge in [-0.05, 0) is 6.42 Å². The SMILES string of the molecule is O=NN1CCN(CCCO)CC1. The number of nitrogens with zero attached hydrogens (tertiary/aromatic N) is 3. The summed E-state index contributed by atoms with van der Waals surface area (Å²) >= 11 is 0. The molecule has 1 N–H and O–H groups in total. The lowest BCUT2D eigenvalue weighted by Gasteiger charge is -2.30. The molecule has 0 spiro atoms. The van der Waals surface area contributed by atoms with E-state index in [1.807, 2.05) is 0 Å². The highest BCUT2D eigenvalue weighted by atomic mass is 16.3. The lowest BCUT2D eigenvalue weighted by atomic mass is 10.3. The summed E-state index contributed by atoms with van der Waals surface area (Å²) in [4.78, 5) is 12.3. The molecule has 0 unspecified atom stereocenters. The number of rotatable bonds is 4. The van der Waals surface area contributed by atoms with E-state index in [1.165, 1.54) is 5.01 Å². The Kier molecular flexibility index (Phi) is 3.96. The molecule has 12 heavy (non-hydrogen) atoms. The van der Waals surface area contributed by atoms with Crippen LogP contribution in [0.4, 0.5) is 0 Å². The van der Waals surface area contributed by atoms with Crippen molar-refractivity contribution in [1.82, 2.24) is 9.91 Å². The second-order valence-electron chi connectivity index (χ2n) is 2.95. The van der Waals surface area contributed by atoms with E-state index in [0.29, 0.717) is 0 Å². The molecule has 1 aliphatic heterocycles. The van der Waals surface area contributed by atoms with Crippen LogP contribution in [-0.4, -0.2) is 54.3 Å². The van der Waals surface area contributed by atoms with E-state index in [2.05, 4.69) is 10.2 Å². The van der Waals surface area contributed by atoms with Crippen molar-refractivity contribution in [2.75, 3.05) is 39.3 Å². The molecule has 1 rings (SSSR count). The fraction of sp³-hybridized carbons (Fsp3) is 1.00. The van der Waals surface area contributed by atoms with Crippen LogP contribution in [0.3, 0.4) is 0 Å². The number of piperazine rings is 1. The van der Waals surface area contributed by atoms with Crippen LogP contribution in [-0.2, 0) is 0 Å². The number of nitroso groups, excluding NO2 is 1. The maximum atomic E-state index is 10.1. The minimum absolute atomic E-state index is 0.242. The van der Waals surface area contributed by atoms with Gasteiger partial charge in [-0.2, -0.15) is 0 Å². The Morgan fingerprint density at radius 1 is 1.25 bits per heavy atom. The first-order valence-corrected chi connectivity index (χ1v) is 4.28. The van der Waals surface area contributed by atoms with Crippen molar-refractivity contribution < 1.29 is 5.11 Å². The zero-order valence-corrected chi connectivity index (χ0v) is 7.15. The van der Waals surface area contributed by atoms with Gasteiger partial charge >= 0.3 is 0 Å². The molecule has 5 heteroatoms. The summed E-state index contributed by atoms with van der Waals surface area (Å²) in [5, 5.41) is 13.0. The average Bonchev–Trinajstić information content (AvgIpc) is 2.15. The van der Waals surface area contributed by atoms with Crippen LogP contribution < -0.4 is 0 Å². The predicted molar refractivity (Wildman–Crippen MR) is 45.5 cm³/mol. The highest BCUT2D eigenvalue weighted by Crippen LogP contribution is 2.01. The zero-order valence-electron chi connectivity index (χ0n) is 7.15. The summed E-state index contributed by atoms with van der Waals surface area (Å²) in [5.74, 6) is 0. The summed E-state index contributed by atoms with van der Waals surface area (Å²) in [6.07, 6.45) is 0.814. The predicted octanol–water partition coefficient (Wildman–Crippen LogP) is -0.332. The smallest absolute Gasteiger partial charge is 0.0524 e. The van der Waals surface area contributed by atoms with Crippen LogP contribution in [0.1, 0.15) is 6.42 Å². The Hall–Kier alpha value is -0.680. The van der Waals surface area contributed by atoms with Crippen molar-refractivity contribution >= 4 is 0 Å². The van der Waals surface area contributed by atoms with Gasteiger partial charge in [-0.3, -0.25) is 9.91 Å². The van der Waals surface area contributed by atoms with Crippen molar-refractivity contribution in [3.63, 3.8) is 0 Å². The van der Waals surface area contributed by atoms with E-state index in [9.17, 15) is 4.91 Å². The largest absolute Gasteiger partial charge is 0.396 e. The molecule has 0 radical (unpaired) electrons. The Morgan fingerprint density at radius 2 is 1.92 bits per heavy atom. The van der Waals surface area contributed by atoms with Crippen molar-refractivity contribution in [3.8, 4) is 0 Å². The highest BCUT2D eigenvalue weighted by molar-refractivity contribution is 4.68. The minimum Gasteiger partial charge on any atom is -0.396 e. The fourth-order valence-electron chi connectivity index (χ4n) is 1.34. The normalized spacial score (nSPS) is 19.6. The fourth-order valence-corrected chi connectivity index (χ4v) is 1.34. The third kappa shape index (κ3) is 2.75. The van der Waals surface area contributed by atoms with E-state index in [4.69, 9.17) is 5.11 Å². The molecule has 0 aromatic rings. The van der Waals surface area contributed by atoms with Crippen LogP contribution in [0.15, 0.2) is 5.29 Å². The van der Waals surface area contributed by atoms with Crippen molar-refractivity contribution in [2.45, 2.75) is 6.42 Å². The van der Waals surface area contributed by atoms with E-state index in [0.717, 1.165) is 39.1 Å². The van der Waals surface area contributed by atoms with E-state index in [1.54, 1.807) is 0 Å². The third-order valence-electron chi connectivity index (χ3n) is 2.10. The molecule has 0 amide bonds. The van der Waals surface area contributed by atoms with Gasteiger partial charge in [-0.1, -0.05) is 0 Å². The van der Waals surface area contributed by atoms with Crippen molar-refractivity contribution in [1.29, 1.82) is 0 Å². The van der Waals surface area contributed by atoms with Gasteiger partial charge in [0.2, 0.25) is 0 Å². The van der Waals surface area contributed by atoms with Gasteiger partial charge in [-0.25, -0.2) is 0 Å². The second-order valence-corrected chi connectivity index (χ2v) is 2.95. The number of hydrogen-bond donors (Lipinski definition) is 1. The van der Waals surface area contributed by atoms with Crippen molar-refractivity contribution in [3.05, 3.63) is 4.91 Å². The van der Waals surface area contributed by atoms with Crippen LogP contribution in [0.5, 0.6) is 0 Å². The monoisotopic (exact) mass is 173 g/mol. The summed E-state index contributed by atoms with van der Waals surface area (Å²) in [6.45, 7) is 4.36. The molecular weight excluding hydrogens is 158 g/mol. The molecule has 1 aliphatic rings. The molecule has 0 saturated carbocycles. The topological polar surface area (TPSA) is 56.1 Å². The first-order chi connectivity index (χ1) is 5.86. The Morgan fingerprint density at radius 3 is 2.42 bits per heavy atom. The van der Waals surface area contributed by atoms with Crippen LogP contribution in [0.25, 0.3) is 0 Å². The molecule has 0 bridgehead atoms. The second kappa shape index (κ2) is 5.05. The summed E-state index contributed by atoms with van der Waals surface area (Å²) < 4.78 is 0. The first-order valence-electron chi connectivity index (χ1n) is 4.28. The van der Waals surface area contributed by atoms with Gasteiger partial charge in [0.25, 0.3) is 0 Å². The quantitative estimate of drug-likeness (QED) is 0.591. The lowest BCUT2D eigenvalue weighted by molar-refractivity contribution is 0.126. The highest BCUT2D eigenvalue weighted by Gasteiger charge is 2.14. The molecule has 1 saturated heterocycles. The molecule has 5 nitrogen and oxygen atoms in total. The number of aliphatic hydroxyl groups is 1. The van der Waals surface area contributed by atoms with Crippen LogP contribution in [0, 0.1) is 4.91 Å². The molecule has 0 aliphatic carbocycles. The van der Waals surface area contributed by atoms with E-state index in [-0.39, 0.29) is 6.61 Å². The van der Waals surface area contributed by atoms with Crippen molar-refractivity contribution in [2.24, 2.45) is 5.29 Å². The van der Waals surface area contributed by atoms with E-state index >= 15 is 0 Å². The standard InChI is InChI=1S/C7H15N3O2/c11-7-1-2-9-3-5-10(8-12)6-4-9/h11H,1-7H2. The van der Waals surface area contributed by atoms with E-state index < -0.39 is 0 Å². The first kappa shape index (κ1) is 9.41. The molecule has 70 valence electrons.